The molecule has 0 aromatic rings. The first-order valence-electron chi connectivity index (χ1n) is 6.30. The third-order valence-electron chi connectivity index (χ3n) is 2.72. The monoisotopic (exact) mass is 230 g/mol. The van der Waals surface area contributed by atoms with Crippen LogP contribution in [0.15, 0.2) is 0 Å². The van der Waals surface area contributed by atoms with Gasteiger partial charge in [-0.05, 0) is 26.8 Å². The molecule has 0 heterocycles. The number of aliphatic hydroxyl groups excluding tert-OH is 1. The number of rotatable bonds is 9. The van der Waals surface area contributed by atoms with Gasteiger partial charge in [0.1, 0.15) is 0 Å². The van der Waals surface area contributed by atoms with Crippen LogP contribution in [0, 0.1) is 0 Å². The molecule has 4 nitrogen and oxygen atoms in total. The van der Waals surface area contributed by atoms with E-state index in [4.69, 9.17) is 5.11 Å². The lowest BCUT2D eigenvalue weighted by Crippen LogP contribution is -2.41. The van der Waals surface area contributed by atoms with E-state index >= 15 is 0 Å². The Morgan fingerprint density at radius 3 is 2.19 bits per heavy atom. The largest absolute Gasteiger partial charge is 0.395 e. The number of hydrogen-bond acceptors (Lipinski definition) is 3. The Morgan fingerprint density at radius 1 is 1.12 bits per heavy atom. The average molecular weight is 230 g/mol. The summed E-state index contributed by atoms with van der Waals surface area (Å²) in [7, 11) is 0. The van der Waals surface area contributed by atoms with Crippen molar-refractivity contribution in [2.75, 3.05) is 39.3 Å². The fourth-order valence-electron chi connectivity index (χ4n) is 1.66. The van der Waals surface area contributed by atoms with Crippen LogP contribution in [0.3, 0.4) is 0 Å². The number of amides is 1. The minimum absolute atomic E-state index is 0.120. The van der Waals surface area contributed by atoms with Crippen molar-refractivity contribution in [2.24, 2.45) is 0 Å². The summed E-state index contributed by atoms with van der Waals surface area (Å²) < 4.78 is 0. The van der Waals surface area contributed by atoms with Crippen molar-refractivity contribution in [3.8, 4) is 0 Å². The number of nitrogens with zero attached hydrogens (tertiary/aromatic N) is 2. The van der Waals surface area contributed by atoms with Crippen molar-refractivity contribution in [1.82, 2.24) is 9.80 Å². The molecule has 0 aliphatic carbocycles. The van der Waals surface area contributed by atoms with Gasteiger partial charge < -0.3 is 10.0 Å². The Labute approximate surface area is 99.2 Å². The first-order valence-corrected chi connectivity index (χ1v) is 6.30. The molecule has 0 saturated carbocycles. The van der Waals surface area contributed by atoms with Crippen LogP contribution in [-0.2, 0) is 4.79 Å². The zero-order chi connectivity index (χ0) is 12.4. The van der Waals surface area contributed by atoms with Gasteiger partial charge in [-0.25, -0.2) is 0 Å². The molecule has 1 amide bonds. The van der Waals surface area contributed by atoms with Crippen LogP contribution in [0.4, 0.5) is 0 Å². The minimum atomic E-state index is 0.120. The van der Waals surface area contributed by atoms with E-state index in [2.05, 4.69) is 6.92 Å². The van der Waals surface area contributed by atoms with Gasteiger partial charge in [-0.1, -0.05) is 13.3 Å². The van der Waals surface area contributed by atoms with Gasteiger partial charge in [0, 0.05) is 19.6 Å². The zero-order valence-corrected chi connectivity index (χ0v) is 10.9. The van der Waals surface area contributed by atoms with Crippen LogP contribution in [0.2, 0.25) is 0 Å². The van der Waals surface area contributed by atoms with Crippen molar-refractivity contribution >= 4 is 5.91 Å². The lowest BCUT2D eigenvalue weighted by Gasteiger charge is -2.25. The molecule has 0 aromatic carbocycles. The Hall–Kier alpha value is -0.610. The van der Waals surface area contributed by atoms with Gasteiger partial charge >= 0.3 is 0 Å². The summed E-state index contributed by atoms with van der Waals surface area (Å²) in [5.74, 6) is 0.162. The number of likely N-dealkylation sites (N-methyl/N-ethyl adjacent to an activating group) is 1. The lowest BCUT2D eigenvalue weighted by molar-refractivity contribution is -0.132. The highest BCUT2D eigenvalue weighted by molar-refractivity contribution is 5.78. The Morgan fingerprint density at radius 2 is 1.75 bits per heavy atom. The molecule has 0 spiro atoms. The van der Waals surface area contributed by atoms with Crippen molar-refractivity contribution < 1.29 is 9.90 Å². The van der Waals surface area contributed by atoms with Crippen LogP contribution in [0.25, 0.3) is 0 Å². The Balaban J connectivity index is 4.09. The summed E-state index contributed by atoms with van der Waals surface area (Å²) in [6.07, 6.45) is 2.19. The van der Waals surface area contributed by atoms with Gasteiger partial charge in [0.25, 0.3) is 0 Å². The molecule has 0 bridgehead atoms. The van der Waals surface area contributed by atoms with Crippen LogP contribution >= 0.6 is 0 Å². The summed E-state index contributed by atoms with van der Waals surface area (Å²) in [6, 6.07) is 0. The number of aliphatic hydroxyl groups is 1. The van der Waals surface area contributed by atoms with Gasteiger partial charge in [-0.15, -0.1) is 0 Å². The van der Waals surface area contributed by atoms with Crippen LogP contribution in [-0.4, -0.2) is 60.1 Å². The summed E-state index contributed by atoms with van der Waals surface area (Å²) in [5, 5.41) is 8.94. The van der Waals surface area contributed by atoms with Crippen molar-refractivity contribution in [2.45, 2.75) is 33.6 Å². The highest BCUT2D eigenvalue weighted by Gasteiger charge is 2.14. The highest BCUT2D eigenvalue weighted by atomic mass is 16.3. The maximum absolute atomic E-state index is 11.9. The van der Waals surface area contributed by atoms with Crippen LogP contribution in [0.1, 0.15) is 33.6 Å². The van der Waals surface area contributed by atoms with Gasteiger partial charge in [0.05, 0.1) is 13.2 Å². The van der Waals surface area contributed by atoms with Gasteiger partial charge in [-0.2, -0.15) is 0 Å². The maximum atomic E-state index is 11.9. The van der Waals surface area contributed by atoms with E-state index in [1.807, 2.05) is 23.6 Å². The van der Waals surface area contributed by atoms with Crippen molar-refractivity contribution in [3.63, 3.8) is 0 Å². The molecule has 16 heavy (non-hydrogen) atoms. The maximum Gasteiger partial charge on any atom is 0.236 e. The number of unbranched alkanes of at least 4 members (excludes halogenated alkanes) is 1. The molecule has 96 valence electrons. The van der Waals surface area contributed by atoms with Gasteiger partial charge in [0.2, 0.25) is 5.91 Å². The van der Waals surface area contributed by atoms with Gasteiger partial charge in [0.15, 0.2) is 0 Å². The molecule has 0 saturated heterocycles. The molecular formula is C12H26N2O2. The Bertz CT molecular complexity index is 182. The van der Waals surface area contributed by atoms with E-state index in [1.54, 1.807) is 0 Å². The minimum Gasteiger partial charge on any atom is -0.395 e. The van der Waals surface area contributed by atoms with E-state index in [9.17, 15) is 4.79 Å². The second kappa shape index (κ2) is 9.60. The van der Waals surface area contributed by atoms with E-state index in [-0.39, 0.29) is 12.5 Å². The normalized spacial score (nSPS) is 10.8. The summed E-state index contributed by atoms with van der Waals surface area (Å²) >= 11 is 0. The molecule has 0 fully saturated rings. The second-order valence-electron chi connectivity index (χ2n) is 3.92. The van der Waals surface area contributed by atoms with E-state index in [1.165, 1.54) is 0 Å². The summed E-state index contributed by atoms with van der Waals surface area (Å²) in [4.78, 5) is 15.7. The SMILES string of the molecule is CCCCN(CCO)CC(=O)N(CC)CC. The van der Waals surface area contributed by atoms with E-state index < -0.39 is 0 Å². The Kier molecular flexibility index (Phi) is 9.24. The quantitative estimate of drug-likeness (QED) is 0.641. The summed E-state index contributed by atoms with van der Waals surface area (Å²) in [6.45, 7) is 9.66. The van der Waals surface area contributed by atoms with Crippen LogP contribution < -0.4 is 0 Å². The summed E-state index contributed by atoms with van der Waals surface area (Å²) in [5.41, 5.74) is 0. The standard InChI is InChI=1S/C12H26N2O2/c1-4-7-8-13(9-10-15)11-12(16)14(5-2)6-3/h15H,4-11H2,1-3H3. The average Bonchev–Trinajstić information content (AvgIpc) is 2.28. The third-order valence-corrected chi connectivity index (χ3v) is 2.72. The zero-order valence-electron chi connectivity index (χ0n) is 10.9. The molecule has 1 N–H and O–H groups in total. The smallest absolute Gasteiger partial charge is 0.236 e. The topological polar surface area (TPSA) is 43.8 Å². The molecule has 0 aromatic heterocycles. The van der Waals surface area contributed by atoms with Crippen LogP contribution in [0.5, 0.6) is 0 Å². The predicted octanol–water partition coefficient (Wildman–Crippen LogP) is 0.949. The van der Waals surface area contributed by atoms with Gasteiger partial charge in [-0.3, -0.25) is 9.69 Å². The second-order valence-corrected chi connectivity index (χ2v) is 3.92. The number of hydrogen-bond donors (Lipinski definition) is 1. The molecule has 0 unspecified atom stereocenters. The first-order chi connectivity index (χ1) is 7.69. The fraction of sp³-hybridized carbons (Fsp3) is 0.917. The first kappa shape index (κ1) is 15.4. The molecule has 0 aliphatic heterocycles. The number of carbonyl (C=O) groups is 1. The van der Waals surface area contributed by atoms with Crippen molar-refractivity contribution in [3.05, 3.63) is 0 Å². The van der Waals surface area contributed by atoms with Crippen molar-refractivity contribution in [1.29, 1.82) is 0 Å². The molecule has 4 heteroatoms. The molecule has 0 rings (SSSR count). The predicted molar refractivity (Wildman–Crippen MR) is 66.4 cm³/mol. The van der Waals surface area contributed by atoms with E-state index in [0.717, 1.165) is 32.5 Å². The fourth-order valence-corrected chi connectivity index (χ4v) is 1.66. The molecule has 0 atom stereocenters. The third kappa shape index (κ3) is 6.08. The molecule has 0 aliphatic rings. The highest BCUT2D eigenvalue weighted by Crippen LogP contribution is 1.97. The molecular weight excluding hydrogens is 204 g/mol. The number of carbonyl (C=O) groups excluding carboxylic acids is 1. The van der Waals surface area contributed by atoms with E-state index in [0.29, 0.717) is 13.1 Å². The lowest BCUT2D eigenvalue weighted by atomic mass is 10.3. The molecule has 0 radical (unpaired) electrons.